The van der Waals surface area contributed by atoms with Crippen molar-refractivity contribution in [3.05, 3.63) is 76.1 Å². The van der Waals surface area contributed by atoms with E-state index in [1.165, 1.54) is 15.3 Å². The normalized spacial score (nSPS) is 10.6. The van der Waals surface area contributed by atoms with E-state index in [0.29, 0.717) is 0 Å². The Morgan fingerprint density at radius 2 is 1.76 bits per heavy atom. The molecule has 0 unspecified atom stereocenters. The Bertz CT molecular complexity index is 734. The molecule has 0 atom stereocenters. The van der Waals surface area contributed by atoms with Crippen molar-refractivity contribution in [3.63, 3.8) is 0 Å². The fourth-order valence-corrected chi connectivity index (χ4v) is 3.34. The smallest absolute Gasteiger partial charge is 0.0494 e. The number of hydrogen-bond acceptors (Lipinski definition) is 2. The molecule has 3 aromatic rings. The molecule has 21 heavy (non-hydrogen) atoms. The van der Waals surface area contributed by atoms with Gasteiger partial charge in [-0.05, 0) is 42.3 Å². The molecule has 0 aliphatic heterocycles. The maximum Gasteiger partial charge on any atom is 0.0494 e. The standard InChI is InChI=1S/C18H16ClNS/c1-13-16(19)8-5-9-17(13)20-12-15-10-11-18(21-15)14-6-3-2-4-7-14/h2-11,20H,12H2,1H3. The quantitative estimate of drug-likeness (QED) is 0.624. The Morgan fingerprint density at radius 1 is 0.952 bits per heavy atom. The second-order valence-corrected chi connectivity index (χ2v) is 6.47. The molecule has 0 bridgehead atoms. The van der Waals surface area contributed by atoms with Crippen molar-refractivity contribution in [2.24, 2.45) is 0 Å². The van der Waals surface area contributed by atoms with Gasteiger partial charge in [-0.3, -0.25) is 0 Å². The van der Waals surface area contributed by atoms with Crippen molar-refractivity contribution in [3.8, 4) is 10.4 Å². The maximum absolute atomic E-state index is 6.14. The number of benzene rings is 2. The summed E-state index contributed by atoms with van der Waals surface area (Å²) < 4.78 is 0. The summed E-state index contributed by atoms with van der Waals surface area (Å²) in [6, 6.07) is 20.8. The number of thiophene rings is 1. The van der Waals surface area contributed by atoms with Crippen LogP contribution < -0.4 is 5.32 Å². The summed E-state index contributed by atoms with van der Waals surface area (Å²) in [6.07, 6.45) is 0. The minimum atomic E-state index is 0.802. The van der Waals surface area contributed by atoms with Gasteiger partial charge in [-0.15, -0.1) is 11.3 Å². The molecule has 2 aromatic carbocycles. The first-order valence-electron chi connectivity index (χ1n) is 6.87. The van der Waals surface area contributed by atoms with E-state index in [-0.39, 0.29) is 0 Å². The van der Waals surface area contributed by atoms with Gasteiger partial charge in [0.1, 0.15) is 0 Å². The van der Waals surface area contributed by atoms with Gasteiger partial charge in [-0.1, -0.05) is 48.0 Å². The Balaban J connectivity index is 1.72. The zero-order valence-corrected chi connectivity index (χ0v) is 13.3. The summed E-state index contributed by atoms with van der Waals surface area (Å²) in [4.78, 5) is 2.61. The zero-order valence-electron chi connectivity index (χ0n) is 11.8. The van der Waals surface area contributed by atoms with Crippen LogP contribution in [-0.4, -0.2) is 0 Å². The van der Waals surface area contributed by atoms with E-state index in [2.05, 4.69) is 47.8 Å². The SMILES string of the molecule is Cc1c(Cl)cccc1NCc1ccc(-c2ccccc2)s1. The third-order valence-corrected chi connectivity index (χ3v) is 4.98. The average Bonchev–Trinajstić information content (AvgIpc) is 2.99. The van der Waals surface area contributed by atoms with E-state index in [0.717, 1.165) is 22.8 Å². The molecule has 1 aromatic heterocycles. The van der Waals surface area contributed by atoms with Crippen LogP contribution in [0.15, 0.2) is 60.7 Å². The van der Waals surface area contributed by atoms with Crippen LogP contribution >= 0.6 is 22.9 Å². The molecule has 106 valence electrons. The summed E-state index contributed by atoms with van der Waals surface area (Å²) >= 11 is 7.96. The highest BCUT2D eigenvalue weighted by atomic mass is 35.5. The molecule has 1 N–H and O–H groups in total. The zero-order chi connectivity index (χ0) is 14.7. The van der Waals surface area contributed by atoms with Crippen LogP contribution in [-0.2, 0) is 6.54 Å². The molecule has 0 saturated heterocycles. The summed E-state index contributed by atoms with van der Waals surface area (Å²) in [6.45, 7) is 2.85. The molecule has 0 amide bonds. The van der Waals surface area contributed by atoms with Crippen molar-refractivity contribution in [1.82, 2.24) is 0 Å². The highest BCUT2D eigenvalue weighted by Crippen LogP contribution is 2.29. The number of anilines is 1. The summed E-state index contributed by atoms with van der Waals surface area (Å²) in [7, 11) is 0. The highest BCUT2D eigenvalue weighted by Gasteiger charge is 2.04. The maximum atomic E-state index is 6.14. The Labute approximate surface area is 134 Å². The van der Waals surface area contributed by atoms with Crippen molar-refractivity contribution < 1.29 is 0 Å². The Hall–Kier alpha value is -1.77. The largest absolute Gasteiger partial charge is 0.380 e. The van der Waals surface area contributed by atoms with Gasteiger partial charge in [-0.2, -0.15) is 0 Å². The fraction of sp³-hybridized carbons (Fsp3) is 0.111. The van der Waals surface area contributed by atoms with Crippen molar-refractivity contribution in [1.29, 1.82) is 0 Å². The van der Waals surface area contributed by atoms with Crippen molar-refractivity contribution >= 4 is 28.6 Å². The second-order valence-electron chi connectivity index (χ2n) is 4.90. The molecule has 0 fully saturated rings. The van der Waals surface area contributed by atoms with Gasteiger partial charge in [-0.25, -0.2) is 0 Å². The topological polar surface area (TPSA) is 12.0 Å². The monoisotopic (exact) mass is 313 g/mol. The highest BCUT2D eigenvalue weighted by molar-refractivity contribution is 7.15. The molecule has 0 spiro atoms. The fourth-order valence-electron chi connectivity index (χ4n) is 2.21. The molecule has 0 aliphatic carbocycles. The lowest BCUT2D eigenvalue weighted by Gasteiger charge is -2.09. The van der Waals surface area contributed by atoms with Crippen LogP contribution in [0.3, 0.4) is 0 Å². The Kier molecular flexibility index (Phi) is 4.28. The van der Waals surface area contributed by atoms with Gasteiger partial charge in [0, 0.05) is 27.0 Å². The predicted molar refractivity (Wildman–Crippen MR) is 93.3 cm³/mol. The molecule has 0 saturated carbocycles. The predicted octanol–water partition coefficient (Wildman–Crippen LogP) is 5.99. The first-order valence-corrected chi connectivity index (χ1v) is 8.06. The van der Waals surface area contributed by atoms with Gasteiger partial charge in [0.25, 0.3) is 0 Å². The number of rotatable bonds is 4. The minimum absolute atomic E-state index is 0.802. The third-order valence-electron chi connectivity index (χ3n) is 3.44. The minimum Gasteiger partial charge on any atom is -0.380 e. The molecule has 3 heteroatoms. The van der Waals surface area contributed by atoms with Gasteiger partial charge in [0.2, 0.25) is 0 Å². The number of nitrogens with one attached hydrogen (secondary N) is 1. The van der Waals surface area contributed by atoms with Crippen LogP contribution in [0, 0.1) is 6.92 Å². The molecule has 1 nitrogen and oxygen atoms in total. The number of hydrogen-bond donors (Lipinski definition) is 1. The molecule has 3 rings (SSSR count). The Morgan fingerprint density at radius 3 is 2.57 bits per heavy atom. The summed E-state index contributed by atoms with van der Waals surface area (Å²) in [5, 5.41) is 4.26. The van der Waals surface area contributed by atoms with Crippen LogP contribution in [0.5, 0.6) is 0 Å². The van der Waals surface area contributed by atoms with Gasteiger partial charge < -0.3 is 5.32 Å². The van der Waals surface area contributed by atoms with Gasteiger partial charge >= 0.3 is 0 Å². The molecular formula is C18H16ClNS. The summed E-state index contributed by atoms with van der Waals surface area (Å²) in [5.74, 6) is 0. The van der Waals surface area contributed by atoms with E-state index >= 15 is 0 Å². The second kappa shape index (κ2) is 6.33. The van der Waals surface area contributed by atoms with E-state index in [4.69, 9.17) is 11.6 Å². The van der Waals surface area contributed by atoms with Crippen LogP contribution in [0.1, 0.15) is 10.4 Å². The third kappa shape index (κ3) is 3.29. The lowest BCUT2D eigenvalue weighted by atomic mass is 10.2. The van der Waals surface area contributed by atoms with E-state index in [9.17, 15) is 0 Å². The van der Waals surface area contributed by atoms with Crippen molar-refractivity contribution in [2.75, 3.05) is 5.32 Å². The van der Waals surface area contributed by atoms with Crippen LogP contribution in [0.25, 0.3) is 10.4 Å². The average molecular weight is 314 g/mol. The van der Waals surface area contributed by atoms with E-state index < -0.39 is 0 Å². The molecule has 0 radical (unpaired) electrons. The van der Waals surface area contributed by atoms with Gasteiger partial charge in [0.15, 0.2) is 0 Å². The first-order chi connectivity index (χ1) is 10.2. The molecular weight excluding hydrogens is 298 g/mol. The van der Waals surface area contributed by atoms with Gasteiger partial charge in [0.05, 0.1) is 0 Å². The van der Waals surface area contributed by atoms with Crippen molar-refractivity contribution in [2.45, 2.75) is 13.5 Å². The van der Waals surface area contributed by atoms with E-state index in [1.807, 2.05) is 36.5 Å². The lowest BCUT2D eigenvalue weighted by molar-refractivity contribution is 1.18. The summed E-state index contributed by atoms with van der Waals surface area (Å²) in [5.41, 5.74) is 3.46. The lowest BCUT2D eigenvalue weighted by Crippen LogP contribution is -1.99. The van der Waals surface area contributed by atoms with E-state index in [1.54, 1.807) is 0 Å². The first kappa shape index (κ1) is 14.2. The number of halogens is 1. The van der Waals surface area contributed by atoms with Crippen LogP contribution in [0.2, 0.25) is 5.02 Å². The molecule has 1 heterocycles. The van der Waals surface area contributed by atoms with Crippen LogP contribution in [0.4, 0.5) is 5.69 Å². The molecule has 0 aliphatic rings.